The first-order valence-corrected chi connectivity index (χ1v) is 6.54. The lowest BCUT2D eigenvalue weighted by Gasteiger charge is -2.43. The summed E-state index contributed by atoms with van der Waals surface area (Å²) in [6, 6.07) is 0.938. The number of hydrogen-bond donors (Lipinski definition) is 1. The first-order valence-electron chi connectivity index (χ1n) is 6.54. The van der Waals surface area contributed by atoms with Crippen LogP contribution in [0.5, 0.6) is 0 Å². The van der Waals surface area contributed by atoms with Crippen LogP contribution in [0.1, 0.15) is 39.5 Å². The fourth-order valence-corrected chi connectivity index (χ4v) is 3.22. The molecule has 2 N–H and O–H groups in total. The predicted octanol–water partition coefficient (Wildman–Crippen LogP) is 1.61. The molecular formula is C13H26N2O. The van der Waals surface area contributed by atoms with Crippen molar-refractivity contribution in [2.24, 2.45) is 11.1 Å². The summed E-state index contributed by atoms with van der Waals surface area (Å²) < 4.78 is 5.44. The summed E-state index contributed by atoms with van der Waals surface area (Å²) in [6.45, 7) is 6.98. The molecule has 94 valence electrons. The molecule has 0 radical (unpaired) electrons. The van der Waals surface area contributed by atoms with Crippen LogP contribution in [0, 0.1) is 5.41 Å². The Balaban J connectivity index is 1.97. The van der Waals surface area contributed by atoms with Crippen molar-refractivity contribution in [2.45, 2.75) is 57.7 Å². The monoisotopic (exact) mass is 226 g/mol. The van der Waals surface area contributed by atoms with Crippen LogP contribution in [0.2, 0.25) is 0 Å². The molecule has 2 fully saturated rings. The van der Waals surface area contributed by atoms with Crippen molar-refractivity contribution in [3.8, 4) is 0 Å². The molecule has 0 spiro atoms. The molecule has 1 saturated carbocycles. The smallest absolute Gasteiger partial charge is 0.0710 e. The van der Waals surface area contributed by atoms with Crippen LogP contribution >= 0.6 is 0 Å². The Bertz CT molecular complexity index is 242. The zero-order valence-electron chi connectivity index (χ0n) is 10.9. The SMILES string of the molecule is COC1CCN(C2CC(C)(C)CCC2N)C1. The van der Waals surface area contributed by atoms with Crippen LogP contribution < -0.4 is 5.73 Å². The van der Waals surface area contributed by atoms with Crippen molar-refractivity contribution < 1.29 is 4.74 Å². The van der Waals surface area contributed by atoms with Crippen LogP contribution in [-0.4, -0.2) is 43.3 Å². The molecule has 0 aromatic heterocycles. The molecule has 3 heteroatoms. The Morgan fingerprint density at radius 1 is 1.31 bits per heavy atom. The Morgan fingerprint density at radius 3 is 2.69 bits per heavy atom. The molecule has 1 aliphatic carbocycles. The number of hydrogen-bond acceptors (Lipinski definition) is 3. The second kappa shape index (κ2) is 4.63. The highest BCUT2D eigenvalue weighted by molar-refractivity contribution is 4.95. The summed E-state index contributed by atoms with van der Waals surface area (Å²) in [4.78, 5) is 2.56. The summed E-state index contributed by atoms with van der Waals surface area (Å²) in [7, 11) is 1.82. The van der Waals surface area contributed by atoms with Crippen molar-refractivity contribution in [1.29, 1.82) is 0 Å². The van der Waals surface area contributed by atoms with Gasteiger partial charge in [0.15, 0.2) is 0 Å². The van der Waals surface area contributed by atoms with E-state index in [-0.39, 0.29) is 0 Å². The van der Waals surface area contributed by atoms with Gasteiger partial charge in [-0.15, -0.1) is 0 Å². The molecule has 0 aromatic carbocycles. The number of nitrogens with zero attached hydrogens (tertiary/aromatic N) is 1. The maximum atomic E-state index is 6.28. The highest BCUT2D eigenvalue weighted by atomic mass is 16.5. The molecule has 0 amide bonds. The quantitative estimate of drug-likeness (QED) is 0.777. The zero-order valence-corrected chi connectivity index (χ0v) is 10.9. The van der Waals surface area contributed by atoms with E-state index in [0.717, 1.165) is 13.1 Å². The minimum Gasteiger partial charge on any atom is -0.380 e. The second-order valence-electron chi connectivity index (χ2n) is 6.28. The van der Waals surface area contributed by atoms with Gasteiger partial charge in [-0.05, 0) is 31.1 Å². The summed E-state index contributed by atoms with van der Waals surface area (Å²) in [6.07, 6.45) is 5.28. The standard InChI is InChI=1S/C13H26N2O/c1-13(2)6-4-11(14)12(8-13)15-7-5-10(9-15)16-3/h10-12H,4-9,14H2,1-3H3. The van der Waals surface area contributed by atoms with Gasteiger partial charge >= 0.3 is 0 Å². The van der Waals surface area contributed by atoms with E-state index in [0.29, 0.717) is 23.6 Å². The maximum Gasteiger partial charge on any atom is 0.0710 e. The van der Waals surface area contributed by atoms with Crippen molar-refractivity contribution in [1.82, 2.24) is 4.90 Å². The summed E-state index contributed by atoms with van der Waals surface area (Å²) in [5, 5.41) is 0. The van der Waals surface area contributed by atoms with Gasteiger partial charge in [0.2, 0.25) is 0 Å². The Kier molecular flexibility index (Phi) is 3.57. The Morgan fingerprint density at radius 2 is 2.06 bits per heavy atom. The average molecular weight is 226 g/mol. The largest absolute Gasteiger partial charge is 0.380 e. The van der Waals surface area contributed by atoms with Gasteiger partial charge in [0, 0.05) is 32.3 Å². The van der Waals surface area contributed by atoms with Gasteiger partial charge in [-0.1, -0.05) is 13.8 Å². The zero-order chi connectivity index (χ0) is 11.8. The van der Waals surface area contributed by atoms with E-state index in [1.54, 1.807) is 0 Å². The van der Waals surface area contributed by atoms with Gasteiger partial charge in [-0.3, -0.25) is 4.90 Å². The minimum atomic E-state index is 0.364. The van der Waals surface area contributed by atoms with Gasteiger partial charge in [-0.25, -0.2) is 0 Å². The second-order valence-corrected chi connectivity index (χ2v) is 6.28. The van der Waals surface area contributed by atoms with Gasteiger partial charge in [0.25, 0.3) is 0 Å². The number of methoxy groups -OCH3 is 1. The third kappa shape index (κ3) is 2.58. The van der Waals surface area contributed by atoms with Gasteiger partial charge in [0.1, 0.15) is 0 Å². The number of nitrogens with two attached hydrogens (primary N) is 1. The molecule has 3 nitrogen and oxygen atoms in total. The van der Waals surface area contributed by atoms with Gasteiger partial charge < -0.3 is 10.5 Å². The van der Waals surface area contributed by atoms with E-state index in [4.69, 9.17) is 10.5 Å². The highest BCUT2D eigenvalue weighted by Crippen LogP contribution is 2.37. The molecule has 16 heavy (non-hydrogen) atoms. The van der Waals surface area contributed by atoms with Gasteiger partial charge in [0.05, 0.1) is 6.10 Å². The molecule has 3 atom stereocenters. The summed E-state index contributed by atoms with van der Waals surface area (Å²) >= 11 is 0. The summed E-state index contributed by atoms with van der Waals surface area (Å²) in [5.41, 5.74) is 6.75. The predicted molar refractivity (Wildman–Crippen MR) is 66.4 cm³/mol. The first kappa shape index (κ1) is 12.3. The van der Waals surface area contributed by atoms with Crippen molar-refractivity contribution in [3.63, 3.8) is 0 Å². The van der Waals surface area contributed by atoms with E-state index in [9.17, 15) is 0 Å². The summed E-state index contributed by atoms with van der Waals surface area (Å²) in [5.74, 6) is 0. The van der Waals surface area contributed by atoms with E-state index in [2.05, 4.69) is 18.7 Å². The minimum absolute atomic E-state index is 0.364. The Labute approximate surface area is 99.3 Å². The molecule has 0 aromatic rings. The molecular weight excluding hydrogens is 200 g/mol. The van der Waals surface area contributed by atoms with Crippen LogP contribution in [-0.2, 0) is 4.74 Å². The third-order valence-electron chi connectivity index (χ3n) is 4.39. The molecule has 1 heterocycles. The lowest BCUT2D eigenvalue weighted by atomic mass is 9.73. The van der Waals surface area contributed by atoms with Gasteiger partial charge in [-0.2, -0.15) is 0 Å². The van der Waals surface area contributed by atoms with Crippen LogP contribution in [0.15, 0.2) is 0 Å². The molecule has 2 aliphatic rings. The number of ether oxygens (including phenoxy) is 1. The lowest BCUT2D eigenvalue weighted by molar-refractivity contribution is 0.0675. The first-order chi connectivity index (χ1) is 7.52. The Hall–Kier alpha value is -0.120. The van der Waals surface area contributed by atoms with E-state index in [1.165, 1.54) is 25.7 Å². The fraction of sp³-hybridized carbons (Fsp3) is 1.00. The fourth-order valence-electron chi connectivity index (χ4n) is 3.22. The maximum absolute atomic E-state index is 6.28. The van der Waals surface area contributed by atoms with Crippen LogP contribution in [0.4, 0.5) is 0 Å². The molecule has 0 bridgehead atoms. The van der Waals surface area contributed by atoms with Crippen molar-refractivity contribution >= 4 is 0 Å². The van der Waals surface area contributed by atoms with E-state index in [1.807, 2.05) is 7.11 Å². The lowest BCUT2D eigenvalue weighted by Crippen LogP contribution is -2.52. The van der Waals surface area contributed by atoms with Crippen LogP contribution in [0.3, 0.4) is 0 Å². The third-order valence-corrected chi connectivity index (χ3v) is 4.39. The van der Waals surface area contributed by atoms with E-state index >= 15 is 0 Å². The molecule has 1 saturated heterocycles. The normalized spacial score (nSPS) is 40.1. The molecule has 3 unspecified atom stereocenters. The topological polar surface area (TPSA) is 38.5 Å². The number of likely N-dealkylation sites (tertiary alicyclic amines) is 1. The van der Waals surface area contributed by atoms with Crippen molar-refractivity contribution in [2.75, 3.05) is 20.2 Å². The van der Waals surface area contributed by atoms with E-state index < -0.39 is 0 Å². The average Bonchev–Trinajstić information content (AvgIpc) is 2.70. The number of rotatable bonds is 2. The molecule has 1 aliphatic heterocycles. The van der Waals surface area contributed by atoms with Crippen LogP contribution in [0.25, 0.3) is 0 Å². The van der Waals surface area contributed by atoms with Crippen molar-refractivity contribution in [3.05, 3.63) is 0 Å². The molecule has 2 rings (SSSR count). The highest BCUT2D eigenvalue weighted by Gasteiger charge is 2.38.